The Hall–Kier alpha value is -1.94. The lowest BCUT2D eigenvalue weighted by molar-refractivity contribution is -0.0209. The number of aliphatic hydroxyl groups is 1. The quantitative estimate of drug-likeness (QED) is 0.378. The molecule has 4 aliphatic rings. The Bertz CT molecular complexity index is 896. The van der Waals surface area contributed by atoms with E-state index in [9.17, 15) is 5.11 Å². The van der Waals surface area contributed by atoms with E-state index in [0.717, 1.165) is 43.3 Å². The number of furan rings is 1. The predicted octanol–water partition coefficient (Wildman–Crippen LogP) is 6.04. The van der Waals surface area contributed by atoms with E-state index >= 15 is 0 Å². The first-order valence-electron chi connectivity index (χ1n) is 11.7. The fourth-order valence-electron chi connectivity index (χ4n) is 7.26. The van der Waals surface area contributed by atoms with Crippen LogP contribution in [0.25, 0.3) is 6.08 Å². The van der Waals surface area contributed by atoms with Crippen molar-refractivity contribution < 1.29 is 9.52 Å². The molecule has 0 amide bonds. The van der Waals surface area contributed by atoms with E-state index in [1.165, 1.54) is 31.4 Å². The fraction of sp³-hybridized carbons (Fsp3) is 0.615. The summed E-state index contributed by atoms with van der Waals surface area (Å²) in [6.07, 6.45) is 18.6. The van der Waals surface area contributed by atoms with Crippen LogP contribution in [-0.4, -0.2) is 23.1 Å². The zero-order valence-electron chi connectivity index (χ0n) is 18.3. The molecule has 0 saturated heterocycles. The minimum absolute atomic E-state index is 0.125. The maximum absolute atomic E-state index is 10.2. The summed E-state index contributed by atoms with van der Waals surface area (Å²) in [7, 11) is 0. The van der Waals surface area contributed by atoms with Crippen LogP contribution in [0, 0.1) is 28.6 Å². The van der Waals surface area contributed by atoms with Gasteiger partial charge in [-0.15, -0.1) is 0 Å². The lowest BCUT2D eigenvalue weighted by Gasteiger charge is -2.57. The third kappa shape index (κ3) is 3.24. The van der Waals surface area contributed by atoms with Gasteiger partial charge in [-0.3, -0.25) is 0 Å². The molecule has 1 aromatic heterocycles. The van der Waals surface area contributed by atoms with Crippen LogP contribution < -0.4 is 0 Å². The van der Waals surface area contributed by atoms with Crippen molar-refractivity contribution >= 4 is 18.0 Å². The highest BCUT2D eigenvalue weighted by molar-refractivity contribution is 5.93. The van der Waals surface area contributed by atoms with Crippen LogP contribution >= 0.6 is 0 Å². The molecule has 4 unspecified atom stereocenters. The smallest absolute Gasteiger partial charge is 0.126 e. The average molecular weight is 407 g/mol. The van der Waals surface area contributed by atoms with Crippen molar-refractivity contribution in [1.82, 2.24) is 0 Å². The summed E-state index contributed by atoms with van der Waals surface area (Å²) in [6.45, 7) is 4.93. The lowest BCUT2D eigenvalue weighted by Crippen LogP contribution is -2.50. The highest BCUT2D eigenvalue weighted by atomic mass is 16.3. The fourth-order valence-corrected chi connectivity index (χ4v) is 7.26. The molecule has 1 N–H and O–H groups in total. The van der Waals surface area contributed by atoms with Crippen molar-refractivity contribution in [3.63, 3.8) is 0 Å². The van der Waals surface area contributed by atoms with Crippen LogP contribution in [0.4, 0.5) is 0 Å². The molecular weight excluding hydrogens is 372 g/mol. The van der Waals surface area contributed by atoms with Crippen molar-refractivity contribution in [1.29, 1.82) is 0 Å². The van der Waals surface area contributed by atoms with Gasteiger partial charge in [-0.05, 0) is 98.8 Å². The van der Waals surface area contributed by atoms with Gasteiger partial charge in [-0.25, -0.2) is 0 Å². The molecule has 6 atom stereocenters. The van der Waals surface area contributed by atoms with Gasteiger partial charge in [0.05, 0.1) is 12.4 Å². The van der Waals surface area contributed by atoms with E-state index < -0.39 is 0 Å². The zero-order chi connectivity index (χ0) is 20.8. The normalized spacial score (nSPS) is 42.4. The average Bonchev–Trinajstić information content (AvgIpc) is 3.36. The van der Waals surface area contributed by atoms with Crippen LogP contribution in [0.2, 0.25) is 0 Å². The molecule has 0 spiro atoms. The van der Waals surface area contributed by atoms with Gasteiger partial charge in [-0.1, -0.05) is 25.5 Å². The molecule has 1 aromatic rings. The van der Waals surface area contributed by atoms with E-state index in [1.54, 1.807) is 18.1 Å². The Balaban J connectivity index is 1.33. The number of rotatable bonds is 3. The van der Waals surface area contributed by atoms with Gasteiger partial charge in [0.15, 0.2) is 0 Å². The summed E-state index contributed by atoms with van der Waals surface area (Å²) in [5.74, 6) is 3.06. The first-order valence-corrected chi connectivity index (χ1v) is 11.7. The minimum atomic E-state index is -0.125. The molecule has 4 heteroatoms. The Morgan fingerprint density at radius 1 is 1.13 bits per heavy atom. The molecule has 3 saturated carbocycles. The molecule has 5 rings (SSSR count). The highest BCUT2D eigenvalue weighted by Gasteiger charge is 2.57. The van der Waals surface area contributed by atoms with Crippen molar-refractivity contribution in [3.05, 3.63) is 41.9 Å². The van der Waals surface area contributed by atoms with Crippen molar-refractivity contribution in [2.45, 2.75) is 71.3 Å². The Labute approximate surface area is 179 Å². The van der Waals surface area contributed by atoms with E-state index in [-0.39, 0.29) is 11.5 Å². The molecule has 160 valence electrons. The SMILES string of the molecule is C[C@]12CCC(O)CC1=CCC1C2CC[C@]2(C)/C(=N/N=C/C=C/c3ccco3)CCC12. The summed E-state index contributed by atoms with van der Waals surface area (Å²) in [4.78, 5) is 0. The van der Waals surface area contributed by atoms with E-state index in [0.29, 0.717) is 11.3 Å². The summed E-state index contributed by atoms with van der Waals surface area (Å²) >= 11 is 0. The van der Waals surface area contributed by atoms with Crippen molar-refractivity contribution in [2.75, 3.05) is 0 Å². The largest absolute Gasteiger partial charge is 0.465 e. The number of hydrogen-bond donors (Lipinski definition) is 1. The first-order chi connectivity index (χ1) is 14.5. The van der Waals surface area contributed by atoms with Gasteiger partial charge >= 0.3 is 0 Å². The standard InChI is InChI=1S/C26H34N2O2/c1-25-13-11-19(29)17-18(25)7-8-21-22-9-10-24(26(22,2)14-12-23(21)25)28-27-15-3-5-20-6-4-16-30-20/h3-7,15-16,19,21-23,29H,8-14,17H2,1-2H3/b5-3+,27-15+,28-24+/t19?,21?,22?,23?,25-,26-/m0/s1. The number of allylic oxidation sites excluding steroid dienone is 2. The molecule has 1 heterocycles. The maximum Gasteiger partial charge on any atom is 0.126 e. The van der Waals surface area contributed by atoms with Crippen LogP contribution in [0.15, 0.2) is 50.7 Å². The van der Waals surface area contributed by atoms with Gasteiger partial charge in [0.2, 0.25) is 0 Å². The third-order valence-corrected chi connectivity index (χ3v) is 8.95. The second-order valence-corrected chi connectivity index (χ2v) is 10.3. The van der Waals surface area contributed by atoms with E-state index in [2.05, 4.69) is 25.0 Å². The summed E-state index contributed by atoms with van der Waals surface area (Å²) in [5.41, 5.74) is 3.34. The van der Waals surface area contributed by atoms with Gasteiger partial charge in [0, 0.05) is 17.3 Å². The van der Waals surface area contributed by atoms with Crippen LogP contribution in [0.1, 0.15) is 71.0 Å². The Morgan fingerprint density at radius 2 is 1.97 bits per heavy atom. The second kappa shape index (κ2) is 7.64. The predicted molar refractivity (Wildman–Crippen MR) is 121 cm³/mol. The monoisotopic (exact) mass is 406 g/mol. The molecule has 4 aliphatic carbocycles. The van der Waals surface area contributed by atoms with Crippen molar-refractivity contribution in [3.8, 4) is 0 Å². The molecule has 0 bridgehead atoms. The molecule has 3 fully saturated rings. The highest BCUT2D eigenvalue weighted by Crippen LogP contribution is 2.64. The second-order valence-electron chi connectivity index (χ2n) is 10.3. The molecular formula is C26H34N2O2. The maximum atomic E-state index is 10.2. The lowest BCUT2D eigenvalue weighted by atomic mass is 9.48. The first kappa shape index (κ1) is 20.0. The zero-order valence-corrected chi connectivity index (χ0v) is 18.3. The summed E-state index contributed by atoms with van der Waals surface area (Å²) in [5, 5.41) is 19.3. The van der Waals surface area contributed by atoms with Gasteiger partial charge in [-0.2, -0.15) is 10.2 Å². The number of fused-ring (bicyclic) bond motifs is 5. The molecule has 4 nitrogen and oxygen atoms in total. The molecule has 0 aliphatic heterocycles. The van der Waals surface area contributed by atoms with Gasteiger partial charge in [0.25, 0.3) is 0 Å². The topological polar surface area (TPSA) is 58.1 Å². The summed E-state index contributed by atoms with van der Waals surface area (Å²) in [6, 6.07) is 3.81. The molecule has 0 aromatic carbocycles. The van der Waals surface area contributed by atoms with Crippen LogP contribution in [0.3, 0.4) is 0 Å². The summed E-state index contributed by atoms with van der Waals surface area (Å²) < 4.78 is 5.30. The van der Waals surface area contributed by atoms with Crippen molar-refractivity contribution in [2.24, 2.45) is 38.8 Å². The molecule has 0 radical (unpaired) electrons. The number of nitrogens with zero attached hydrogens (tertiary/aromatic N) is 2. The van der Waals surface area contributed by atoms with Crippen LogP contribution in [-0.2, 0) is 0 Å². The van der Waals surface area contributed by atoms with E-state index in [1.807, 2.05) is 24.3 Å². The number of aliphatic hydroxyl groups excluding tert-OH is 1. The van der Waals surface area contributed by atoms with Gasteiger partial charge < -0.3 is 9.52 Å². The number of hydrogen-bond acceptors (Lipinski definition) is 4. The van der Waals surface area contributed by atoms with E-state index in [4.69, 9.17) is 9.52 Å². The van der Waals surface area contributed by atoms with Crippen LogP contribution in [0.5, 0.6) is 0 Å². The molecule has 30 heavy (non-hydrogen) atoms. The Morgan fingerprint density at radius 3 is 2.80 bits per heavy atom. The van der Waals surface area contributed by atoms with Gasteiger partial charge in [0.1, 0.15) is 5.76 Å². The Kier molecular flexibility index (Phi) is 5.09. The third-order valence-electron chi connectivity index (χ3n) is 8.95. The minimum Gasteiger partial charge on any atom is -0.465 e.